The van der Waals surface area contributed by atoms with Gasteiger partial charge in [-0.15, -0.1) is 0 Å². The van der Waals surface area contributed by atoms with E-state index in [2.05, 4.69) is 76.2 Å². The first-order valence-electron chi connectivity index (χ1n) is 7.92. The fourth-order valence-electron chi connectivity index (χ4n) is 1.95. The van der Waals surface area contributed by atoms with Crippen molar-refractivity contribution in [2.45, 2.75) is 39.5 Å². The molecule has 2 aromatic carbocycles. The standard InChI is InChI=1S/C18H22I.F6P/c1-13(2)15-5-9-17(10-6-15)19-18-11-7-16(8-12-18)14(3)4;1-7(2,3,4,5)6/h5-14H,1-4H3;/q+1;-1. The van der Waals surface area contributed by atoms with Crippen molar-refractivity contribution in [1.82, 2.24) is 0 Å². The summed E-state index contributed by atoms with van der Waals surface area (Å²) < 4.78 is 62.2. The van der Waals surface area contributed by atoms with Crippen LogP contribution in [0.1, 0.15) is 50.7 Å². The number of hydrogen-bond acceptors (Lipinski definition) is 0. The van der Waals surface area contributed by atoms with Gasteiger partial charge in [0.2, 0.25) is 0 Å². The van der Waals surface area contributed by atoms with E-state index in [1.54, 1.807) is 0 Å². The molecule has 0 nitrogen and oxygen atoms in total. The molecule has 0 saturated carbocycles. The van der Waals surface area contributed by atoms with Crippen molar-refractivity contribution in [2.24, 2.45) is 0 Å². The van der Waals surface area contributed by atoms with Crippen molar-refractivity contribution in [3.8, 4) is 0 Å². The van der Waals surface area contributed by atoms with Crippen LogP contribution in [-0.4, -0.2) is 0 Å². The fraction of sp³-hybridized carbons (Fsp3) is 0.333. The minimum atomic E-state index is -10.7. The first kappa shape index (κ1) is 23.2. The van der Waals surface area contributed by atoms with Gasteiger partial charge >= 0.3 is 54.2 Å². The molecule has 8 heteroatoms. The molecule has 0 fully saturated rings. The van der Waals surface area contributed by atoms with Gasteiger partial charge in [0.05, 0.1) is 0 Å². The van der Waals surface area contributed by atoms with E-state index in [0.29, 0.717) is 11.8 Å². The van der Waals surface area contributed by atoms with Gasteiger partial charge in [-0.05, 0) is 47.2 Å². The Bertz CT molecular complexity index is 643. The summed E-state index contributed by atoms with van der Waals surface area (Å²) in [7, 11) is -10.7. The number of rotatable bonds is 4. The van der Waals surface area contributed by atoms with Crippen molar-refractivity contribution in [3.63, 3.8) is 0 Å². The van der Waals surface area contributed by atoms with Gasteiger partial charge < -0.3 is 0 Å². The average molecular weight is 510 g/mol. The van der Waals surface area contributed by atoms with E-state index in [-0.39, 0.29) is 21.2 Å². The Balaban J connectivity index is 0.000000412. The quantitative estimate of drug-likeness (QED) is 0.292. The van der Waals surface area contributed by atoms with Crippen molar-refractivity contribution < 1.29 is 46.4 Å². The van der Waals surface area contributed by atoms with Crippen molar-refractivity contribution in [2.75, 3.05) is 0 Å². The van der Waals surface area contributed by atoms with Gasteiger partial charge in [-0.1, -0.05) is 52.0 Å². The molecule has 0 atom stereocenters. The van der Waals surface area contributed by atoms with E-state index in [1.807, 2.05) is 0 Å². The Kier molecular flexibility index (Phi) is 6.84. The molecule has 0 radical (unpaired) electrons. The predicted molar refractivity (Wildman–Crippen MR) is 92.0 cm³/mol. The molecular weight excluding hydrogens is 488 g/mol. The summed E-state index contributed by atoms with van der Waals surface area (Å²) in [4.78, 5) is 0. The third kappa shape index (κ3) is 11.7. The van der Waals surface area contributed by atoms with E-state index in [0.717, 1.165) is 0 Å². The van der Waals surface area contributed by atoms with Gasteiger partial charge in [0.25, 0.3) is 0 Å². The SMILES string of the molecule is CC(C)c1ccc([I+]c2ccc(C(C)C)cc2)cc1.F[P-](F)(F)(F)(F)F. The molecule has 0 amide bonds. The number of halogens is 7. The first-order chi connectivity index (χ1) is 11.5. The zero-order chi connectivity index (χ0) is 20.2. The van der Waals surface area contributed by atoms with E-state index >= 15 is 0 Å². The summed E-state index contributed by atoms with van der Waals surface area (Å²) in [6, 6.07) is 18.3. The van der Waals surface area contributed by atoms with Crippen LogP contribution >= 0.6 is 7.81 Å². The van der Waals surface area contributed by atoms with Crippen LogP contribution in [0.2, 0.25) is 0 Å². The van der Waals surface area contributed by atoms with Gasteiger partial charge in [-0.3, -0.25) is 0 Å². The zero-order valence-corrected chi connectivity index (χ0v) is 17.9. The summed E-state index contributed by atoms with van der Waals surface area (Å²) in [5, 5.41) is 0. The van der Waals surface area contributed by atoms with Gasteiger partial charge in [0.1, 0.15) is 0 Å². The van der Waals surface area contributed by atoms with Crippen LogP contribution < -0.4 is 21.2 Å². The van der Waals surface area contributed by atoms with Crippen LogP contribution in [-0.2, 0) is 0 Å². The molecule has 0 spiro atoms. The number of benzene rings is 2. The van der Waals surface area contributed by atoms with E-state index < -0.39 is 7.81 Å². The molecule has 2 rings (SSSR count). The second-order valence-electron chi connectivity index (χ2n) is 6.47. The Morgan fingerprint density at radius 3 is 1.00 bits per heavy atom. The molecule has 0 aliphatic heterocycles. The van der Waals surface area contributed by atoms with Crippen LogP contribution in [0.3, 0.4) is 0 Å². The van der Waals surface area contributed by atoms with E-state index in [4.69, 9.17) is 0 Å². The van der Waals surface area contributed by atoms with E-state index in [9.17, 15) is 25.2 Å². The van der Waals surface area contributed by atoms with Gasteiger partial charge in [0, 0.05) is 0 Å². The van der Waals surface area contributed by atoms with Gasteiger partial charge in [-0.2, -0.15) is 0 Å². The third-order valence-electron chi connectivity index (χ3n) is 3.29. The minimum absolute atomic E-state index is 0.0366. The second kappa shape index (κ2) is 7.66. The molecular formula is C18H22F6IP. The zero-order valence-electron chi connectivity index (χ0n) is 14.9. The molecule has 148 valence electrons. The van der Waals surface area contributed by atoms with Gasteiger partial charge in [0.15, 0.2) is 7.14 Å². The summed E-state index contributed by atoms with van der Waals surface area (Å²) in [6.07, 6.45) is 0. The monoisotopic (exact) mass is 510 g/mol. The molecule has 0 aliphatic carbocycles. The molecule has 2 aromatic rings. The summed E-state index contributed by atoms with van der Waals surface area (Å²) in [5.41, 5.74) is 2.87. The Hall–Kier alpha value is -0.820. The van der Waals surface area contributed by atoms with Crippen molar-refractivity contribution >= 4 is 7.81 Å². The maximum absolute atomic E-state index is 10.7. The Labute approximate surface area is 160 Å². The topological polar surface area (TPSA) is 0 Å². The summed E-state index contributed by atoms with van der Waals surface area (Å²) in [5.74, 6) is 1.25. The summed E-state index contributed by atoms with van der Waals surface area (Å²) in [6.45, 7) is 8.98. The Morgan fingerprint density at radius 2 is 0.808 bits per heavy atom. The van der Waals surface area contributed by atoms with Crippen molar-refractivity contribution in [1.29, 1.82) is 0 Å². The molecule has 0 unspecified atom stereocenters. The number of hydrogen-bond donors (Lipinski definition) is 0. The van der Waals surface area contributed by atoms with Crippen molar-refractivity contribution in [3.05, 3.63) is 66.8 Å². The fourth-order valence-corrected chi connectivity index (χ4v) is 4.10. The second-order valence-corrected chi connectivity index (χ2v) is 11.4. The summed E-state index contributed by atoms with van der Waals surface area (Å²) >= 11 is -0.0366. The first-order valence-corrected chi connectivity index (χ1v) is 12.1. The molecule has 0 bridgehead atoms. The molecule has 0 aromatic heterocycles. The maximum atomic E-state index is 9.87. The molecule has 26 heavy (non-hydrogen) atoms. The van der Waals surface area contributed by atoms with Crippen LogP contribution in [0, 0.1) is 7.14 Å². The molecule has 0 heterocycles. The van der Waals surface area contributed by atoms with Crippen LogP contribution in [0.5, 0.6) is 0 Å². The molecule has 0 saturated heterocycles. The Morgan fingerprint density at radius 1 is 0.577 bits per heavy atom. The predicted octanol–water partition coefficient (Wildman–Crippen LogP) is 5.44. The third-order valence-corrected chi connectivity index (χ3v) is 5.98. The van der Waals surface area contributed by atoms with Crippen LogP contribution in [0.4, 0.5) is 25.2 Å². The normalized spacial score (nSPS) is 14.5. The van der Waals surface area contributed by atoms with E-state index in [1.165, 1.54) is 18.3 Å². The average Bonchev–Trinajstić information content (AvgIpc) is 2.45. The van der Waals surface area contributed by atoms with Gasteiger partial charge in [-0.25, -0.2) is 0 Å². The molecule has 0 N–H and O–H groups in total. The molecule has 0 aliphatic rings. The van der Waals surface area contributed by atoms with Crippen LogP contribution in [0.25, 0.3) is 0 Å². The van der Waals surface area contributed by atoms with Crippen LogP contribution in [0.15, 0.2) is 48.5 Å².